The Bertz CT molecular complexity index is 115. The molecular formula is C5H8F3NO. The predicted molar refractivity (Wildman–Crippen MR) is 30.0 cm³/mol. The average molecular weight is 155 g/mol. The van der Waals surface area contributed by atoms with Crippen molar-refractivity contribution < 1.29 is 17.9 Å². The normalized spacial score (nSPS) is 12.3. The highest BCUT2D eigenvalue weighted by Crippen LogP contribution is 1.94. The highest BCUT2D eigenvalue weighted by molar-refractivity contribution is 4.83. The van der Waals surface area contributed by atoms with E-state index in [0.29, 0.717) is 0 Å². The average Bonchev–Trinajstić information content (AvgIpc) is 1.87. The zero-order valence-electron chi connectivity index (χ0n) is 5.40. The number of allylic oxidation sites excluding steroid dienone is 1. The second-order valence-electron chi connectivity index (χ2n) is 1.39. The maximum Gasteiger partial charge on any atom is 0.346 e. The Morgan fingerprint density at radius 1 is 1.70 bits per heavy atom. The molecule has 0 rings (SSSR count). The van der Waals surface area contributed by atoms with Gasteiger partial charge < -0.3 is 10.1 Å². The summed E-state index contributed by atoms with van der Waals surface area (Å²) in [5, 5.41) is 1.96. The van der Waals surface area contributed by atoms with E-state index in [1.165, 1.54) is 6.92 Å². The molecule has 0 amide bonds. The lowest BCUT2D eigenvalue weighted by molar-refractivity contribution is -0.133. The summed E-state index contributed by atoms with van der Waals surface area (Å²) >= 11 is 0. The van der Waals surface area contributed by atoms with E-state index in [1.807, 2.05) is 5.32 Å². The van der Waals surface area contributed by atoms with Crippen LogP contribution in [0.3, 0.4) is 0 Å². The molecule has 0 aliphatic carbocycles. The molecule has 5 heteroatoms. The molecule has 0 heterocycles. The van der Waals surface area contributed by atoms with Crippen LogP contribution in [0.4, 0.5) is 13.2 Å². The Balaban J connectivity index is 3.20. The zero-order chi connectivity index (χ0) is 7.98. The topological polar surface area (TPSA) is 21.3 Å². The minimum Gasteiger partial charge on any atom is -0.339 e. The molecule has 0 bridgehead atoms. The number of hydrogen-bond acceptors (Lipinski definition) is 2. The van der Waals surface area contributed by atoms with Crippen LogP contribution in [0.1, 0.15) is 6.92 Å². The molecule has 0 saturated heterocycles. The van der Waals surface area contributed by atoms with Crippen molar-refractivity contribution in [3.05, 3.63) is 12.0 Å². The highest BCUT2D eigenvalue weighted by atomic mass is 19.3. The van der Waals surface area contributed by atoms with Crippen molar-refractivity contribution in [3.8, 4) is 0 Å². The first-order valence-electron chi connectivity index (χ1n) is 2.62. The molecule has 0 aromatic heterocycles. The van der Waals surface area contributed by atoms with Crippen LogP contribution < -0.4 is 5.32 Å². The van der Waals surface area contributed by atoms with Crippen molar-refractivity contribution in [2.75, 3.05) is 6.73 Å². The van der Waals surface area contributed by atoms with Crippen molar-refractivity contribution in [2.45, 2.75) is 13.5 Å². The van der Waals surface area contributed by atoms with Crippen LogP contribution in [-0.4, -0.2) is 13.3 Å². The zero-order valence-corrected chi connectivity index (χ0v) is 5.40. The van der Waals surface area contributed by atoms with Crippen LogP contribution in [0.2, 0.25) is 0 Å². The van der Waals surface area contributed by atoms with Gasteiger partial charge in [-0.05, 0) is 13.0 Å². The van der Waals surface area contributed by atoms with E-state index in [2.05, 4.69) is 4.74 Å². The quantitative estimate of drug-likeness (QED) is 0.491. The number of ether oxygens (including phenoxy) is 1. The van der Waals surface area contributed by atoms with Gasteiger partial charge in [-0.25, -0.2) is 0 Å². The lowest BCUT2D eigenvalue weighted by atomic mass is 10.7. The molecule has 10 heavy (non-hydrogen) atoms. The van der Waals surface area contributed by atoms with E-state index in [9.17, 15) is 13.2 Å². The number of rotatable bonds is 4. The van der Waals surface area contributed by atoms with E-state index >= 15 is 0 Å². The second-order valence-corrected chi connectivity index (χ2v) is 1.39. The van der Waals surface area contributed by atoms with E-state index in [0.717, 1.165) is 6.08 Å². The highest BCUT2D eigenvalue weighted by Gasteiger charge is 1.99. The molecule has 60 valence electrons. The summed E-state index contributed by atoms with van der Waals surface area (Å²) in [4.78, 5) is 0. The van der Waals surface area contributed by atoms with Gasteiger partial charge in [0.05, 0.1) is 0 Å². The standard InChI is InChI=1S/C5H8F3NO/c1-2-4(6)9-3-10-5(7)8/h2,5,9H,3H2,1H3/b4-2-. The molecular weight excluding hydrogens is 147 g/mol. The fourth-order valence-corrected chi connectivity index (χ4v) is 0.276. The fourth-order valence-electron chi connectivity index (χ4n) is 0.276. The third kappa shape index (κ3) is 5.43. The van der Waals surface area contributed by atoms with Crippen molar-refractivity contribution in [3.63, 3.8) is 0 Å². The Morgan fingerprint density at radius 3 is 2.70 bits per heavy atom. The van der Waals surface area contributed by atoms with Gasteiger partial charge in [0.25, 0.3) is 0 Å². The van der Waals surface area contributed by atoms with Crippen LogP contribution in [0, 0.1) is 0 Å². The fraction of sp³-hybridized carbons (Fsp3) is 0.600. The lowest BCUT2D eigenvalue weighted by Crippen LogP contribution is -2.17. The van der Waals surface area contributed by atoms with Crippen molar-refractivity contribution >= 4 is 0 Å². The van der Waals surface area contributed by atoms with Crippen molar-refractivity contribution in [1.29, 1.82) is 0 Å². The first-order chi connectivity index (χ1) is 4.66. The summed E-state index contributed by atoms with van der Waals surface area (Å²) < 4.78 is 38.1. The Morgan fingerprint density at radius 2 is 2.30 bits per heavy atom. The van der Waals surface area contributed by atoms with E-state index in [1.54, 1.807) is 0 Å². The number of hydrogen-bond donors (Lipinski definition) is 1. The van der Waals surface area contributed by atoms with Crippen LogP contribution in [0.15, 0.2) is 12.0 Å². The van der Waals surface area contributed by atoms with Gasteiger partial charge in [-0.15, -0.1) is 0 Å². The van der Waals surface area contributed by atoms with Gasteiger partial charge in [-0.3, -0.25) is 0 Å². The third-order valence-electron chi connectivity index (χ3n) is 0.704. The van der Waals surface area contributed by atoms with Crippen LogP contribution >= 0.6 is 0 Å². The molecule has 1 N–H and O–H groups in total. The monoisotopic (exact) mass is 155 g/mol. The number of nitrogens with one attached hydrogen (secondary N) is 1. The van der Waals surface area contributed by atoms with E-state index in [-0.39, 0.29) is 0 Å². The van der Waals surface area contributed by atoms with Gasteiger partial charge >= 0.3 is 6.61 Å². The van der Waals surface area contributed by atoms with Crippen molar-refractivity contribution in [2.24, 2.45) is 0 Å². The minimum atomic E-state index is -2.86. The largest absolute Gasteiger partial charge is 0.346 e. The lowest BCUT2D eigenvalue weighted by Gasteiger charge is -2.02. The predicted octanol–water partition coefficient (Wildman–Crippen LogP) is 1.60. The third-order valence-corrected chi connectivity index (χ3v) is 0.704. The van der Waals surface area contributed by atoms with Crippen LogP contribution in [0.5, 0.6) is 0 Å². The number of halogens is 3. The molecule has 0 saturated carbocycles. The van der Waals surface area contributed by atoms with Gasteiger partial charge in [0.2, 0.25) is 0 Å². The molecule has 2 nitrogen and oxygen atoms in total. The molecule has 0 radical (unpaired) electrons. The second kappa shape index (κ2) is 5.10. The molecule has 0 fully saturated rings. The maximum atomic E-state index is 12.0. The number of alkyl halides is 2. The summed E-state index contributed by atoms with van der Waals surface area (Å²) in [5.74, 6) is -0.680. The molecule has 0 aromatic carbocycles. The van der Waals surface area contributed by atoms with Crippen LogP contribution in [0.25, 0.3) is 0 Å². The van der Waals surface area contributed by atoms with Crippen LogP contribution in [-0.2, 0) is 4.74 Å². The van der Waals surface area contributed by atoms with Gasteiger partial charge in [-0.2, -0.15) is 13.2 Å². The molecule has 0 aliphatic heterocycles. The molecule has 0 aliphatic rings. The SMILES string of the molecule is C/C=C(/F)NCOC(F)F. The first kappa shape index (κ1) is 9.29. The summed E-state index contributed by atoms with van der Waals surface area (Å²) in [6.45, 7) is -1.95. The molecule has 0 atom stereocenters. The van der Waals surface area contributed by atoms with E-state index < -0.39 is 19.3 Å². The molecule has 0 unspecified atom stereocenters. The Hall–Kier alpha value is -0.710. The smallest absolute Gasteiger partial charge is 0.339 e. The maximum absolute atomic E-state index is 12.0. The van der Waals surface area contributed by atoms with Crippen molar-refractivity contribution in [1.82, 2.24) is 5.32 Å². The minimum absolute atomic E-state index is 0.520. The van der Waals surface area contributed by atoms with Gasteiger partial charge in [0.15, 0.2) is 5.95 Å². The first-order valence-corrected chi connectivity index (χ1v) is 2.62. The summed E-state index contributed by atoms with van der Waals surface area (Å²) in [5.41, 5.74) is 0. The Labute approximate surface area is 56.7 Å². The summed E-state index contributed by atoms with van der Waals surface area (Å²) in [6, 6.07) is 0. The van der Waals surface area contributed by atoms with E-state index in [4.69, 9.17) is 0 Å². The van der Waals surface area contributed by atoms with Gasteiger partial charge in [-0.1, -0.05) is 0 Å². The Kier molecular flexibility index (Phi) is 4.74. The summed E-state index contributed by atoms with van der Waals surface area (Å²) in [7, 11) is 0. The van der Waals surface area contributed by atoms with Gasteiger partial charge in [0.1, 0.15) is 6.73 Å². The van der Waals surface area contributed by atoms with Gasteiger partial charge in [0, 0.05) is 0 Å². The molecule has 0 spiro atoms. The summed E-state index contributed by atoms with van der Waals surface area (Å²) in [6.07, 6.45) is 1.11. The molecule has 0 aromatic rings.